The molecule has 0 spiro atoms. The first-order valence-electron chi connectivity index (χ1n) is 10.2. The third-order valence-corrected chi connectivity index (χ3v) is 5.38. The molecule has 2 amide bonds. The van der Waals surface area contributed by atoms with Gasteiger partial charge in [-0.3, -0.25) is 9.59 Å². The van der Waals surface area contributed by atoms with Gasteiger partial charge in [-0.25, -0.2) is 22.7 Å². The minimum atomic E-state index is -1.68. The lowest BCUT2D eigenvalue weighted by atomic mass is 10.1. The van der Waals surface area contributed by atoms with Crippen molar-refractivity contribution in [3.63, 3.8) is 0 Å². The largest absolute Gasteiger partial charge is 0.347 e. The van der Waals surface area contributed by atoms with Gasteiger partial charge in [-0.05, 0) is 50.1 Å². The summed E-state index contributed by atoms with van der Waals surface area (Å²) < 4.78 is 41.6. The minimum absolute atomic E-state index is 0.0858. The van der Waals surface area contributed by atoms with Gasteiger partial charge in [0, 0.05) is 23.2 Å². The molecule has 4 rings (SSSR count). The van der Waals surface area contributed by atoms with Crippen LogP contribution in [0.5, 0.6) is 0 Å². The standard InChI is InChI=1S/C23H20F3N5O2/c1-12-14(13(2)31-23(28-12)15-5-3-4-6-17(15)30-31)7-10-19(32)27-11-20(33)29-18-9-8-16(24)21(25)22(18)26/h3-6,8-9H,7,10-11H2,1-2H3,(H,27,32)(H,29,33). The second-order valence-corrected chi connectivity index (χ2v) is 7.56. The highest BCUT2D eigenvalue weighted by molar-refractivity contribution is 5.94. The van der Waals surface area contributed by atoms with Gasteiger partial charge in [-0.15, -0.1) is 0 Å². The van der Waals surface area contributed by atoms with Crippen molar-refractivity contribution in [1.82, 2.24) is 19.9 Å². The number of anilines is 1. The van der Waals surface area contributed by atoms with Gasteiger partial charge in [0.15, 0.2) is 23.1 Å². The van der Waals surface area contributed by atoms with Crippen molar-refractivity contribution in [3.8, 4) is 0 Å². The first-order valence-corrected chi connectivity index (χ1v) is 10.2. The minimum Gasteiger partial charge on any atom is -0.347 e. The summed E-state index contributed by atoms with van der Waals surface area (Å²) in [6.07, 6.45) is 0.463. The summed E-state index contributed by atoms with van der Waals surface area (Å²) in [5.74, 6) is -5.72. The van der Waals surface area contributed by atoms with Gasteiger partial charge in [-0.2, -0.15) is 5.10 Å². The Balaban J connectivity index is 1.38. The van der Waals surface area contributed by atoms with Gasteiger partial charge >= 0.3 is 0 Å². The van der Waals surface area contributed by atoms with E-state index in [1.54, 1.807) is 4.52 Å². The molecular formula is C23H20F3N5O2. The molecule has 10 heteroatoms. The van der Waals surface area contributed by atoms with Crippen LogP contribution in [-0.4, -0.2) is 33.0 Å². The summed E-state index contributed by atoms with van der Waals surface area (Å²) in [4.78, 5) is 28.9. The highest BCUT2D eigenvalue weighted by atomic mass is 19.2. The van der Waals surface area contributed by atoms with Crippen LogP contribution in [0.15, 0.2) is 36.4 Å². The van der Waals surface area contributed by atoms with Crippen LogP contribution < -0.4 is 10.6 Å². The van der Waals surface area contributed by atoms with E-state index in [0.717, 1.165) is 39.6 Å². The third kappa shape index (κ3) is 4.36. The van der Waals surface area contributed by atoms with Crippen LogP contribution in [0.3, 0.4) is 0 Å². The number of rotatable bonds is 6. The number of carbonyl (C=O) groups excluding carboxylic acids is 2. The maximum absolute atomic E-state index is 13.7. The van der Waals surface area contributed by atoms with Gasteiger partial charge < -0.3 is 10.6 Å². The number of halogens is 3. The highest BCUT2D eigenvalue weighted by Crippen LogP contribution is 2.23. The highest BCUT2D eigenvalue weighted by Gasteiger charge is 2.17. The Bertz CT molecular complexity index is 1400. The number of hydrogen-bond acceptors (Lipinski definition) is 4. The predicted octanol–water partition coefficient (Wildman–Crippen LogP) is 3.60. The first-order chi connectivity index (χ1) is 15.8. The molecule has 33 heavy (non-hydrogen) atoms. The van der Waals surface area contributed by atoms with E-state index in [1.165, 1.54) is 0 Å². The number of aryl methyl sites for hydroxylation is 2. The molecule has 2 aromatic heterocycles. The van der Waals surface area contributed by atoms with Crippen LogP contribution in [0.4, 0.5) is 18.9 Å². The first kappa shape index (κ1) is 22.3. The summed E-state index contributed by atoms with van der Waals surface area (Å²) in [6.45, 7) is 3.33. The summed E-state index contributed by atoms with van der Waals surface area (Å²) in [5, 5.41) is 10.1. The zero-order valence-electron chi connectivity index (χ0n) is 17.9. The Morgan fingerprint density at radius 3 is 2.55 bits per heavy atom. The number of aromatic nitrogens is 3. The van der Waals surface area contributed by atoms with Crippen LogP contribution in [0.2, 0.25) is 0 Å². The Hall–Kier alpha value is -3.95. The number of fused-ring (bicyclic) bond motifs is 3. The van der Waals surface area contributed by atoms with E-state index < -0.39 is 41.5 Å². The third-order valence-electron chi connectivity index (χ3n) is 5.38. The normalized spacial score (nSPS) is 11.2. The molecule has 0 saturated carbocycles. The van der Waals surface area contributed by atoms with Gasteiger partial charge in [0.05, 0.1) is 17.7 Å². The van der Waals surface area contributed by atoms with E-state index in [2.05, 4.69) is 20.7 Å². The molecule has 0 aliphatic carbocycles. The van der Waals surface area contributed by atoms with Crippen molar-refractivity contribution in [2.24, 2.45) is 0 Å². The van der Waals surface area contributed by atoms with E-state index in [0.29, 0.717) is 12.5 Å². The quantitative estimate of drug-likeness (QED) is 0.435. The van der Waals surface area contributed by atoms with Gasteiger partial charge in [0.2, 0.25) is 11.8 Å². The van der Waals surface area contributed by atoms with Crippen molar-refractivity contribution in [2.45, 2.75) is 26.7 Å². The van der Waals surface area contributed by atoms with Crippen molar-refractivity contribution < 1.29 is 22.8 Å². The molecule has 2 aromatic carbocycles. The van der Waals surface area contributed by atoms with Crippen molar-refractivity contribution in [1.29, 1.82) is 0 Å². The number of carbonyl (C=O) groups is 2. The fraction of sp³-hybridized carbons (Fsp3) is 0.217. The van der Waals surface area contributed by atoms with Gasteiger partial charge in [0.25, 0.3) is 0 Å². The molecule has 0 unspecified atom stereocenters. The monoisotopic (exact) mass is 455 g/mol. The molecule has 170 valence electrons. The van der Waals surface area contributed by atoms with Crippen LogP contribution in [0.1, 0.15) is 23.4 Å². The molecule has 0 atom stereocenters. The number of hydrogen-bond donors (Lipinski definition) is 2. The fourth-order valence-corrected chi connectivity index (χ4v) is 3.66. The van der Waals surface area contributed by atoms with E-state index in [-0.39, 0.29) is 6.42 Å². The zero-order chi connectivity index (χ0) is 23.7. The van der Waals surface area contributed by atoms with E-state index in [1.807, 2.05) is 38.1 Å². The summed E-state index contributed by atoms with van der Waals surface area (Å²) in [6, 6.07) is 9.29. The lowest BCUT2D eigenvalue weighted by Crippen LogP contribution is -2.33. The van der Waals surface area contributed by atoms with E-state index in [9.17, 15) is 22.8 Å². The SMILES string of the molecule is Cc1nc2c3ccccc3nn2c(C)c1CCC(=O)NCC(=O)Nc1ccc(F)c(F)c1F. The van der Waals surface area contributed by atoms with Crippen molar-refractivity contribution >= 4 is 34.1 Å². The van der Waals surface area contributed by atoms with Crippen LogP contribution >= 0.6 is 0 Å². The van der Waals surface area contributed by atoms with Crippen molar-refractivity contribution in [3.05, 3.63) is 70.8 Å². The van der Waals surface area contributed by atoms with Crippen LogP contribution in [0.25, 0.3) is 16.6 Å². The predicted molar refractivity (Wildman–Crippen MR) is 116 cm³/mol. The fourth-order valence-electron chi connectivity index (χ4n) is 3.66. The smallest absolute Gasteiger partial charge is 0.243 e. The molecule has 0 aliphatic heterocycles. The van der Waals surface area contributed by atoms with Gasteiger partial charge in [-0.1, -0.05) is 12.1 Å². The van der Waals surface area contributed by atoms with Crippen molar-refractivity contribution in [2.75, 3.05) is 11.9 Å². The molecule has 0 aliphatic rings. The maximum Gasteiger partial charge on any atom is 0.243 e. The summed E-state index contributed by atoms with van der Waals surface area (Å²) in [5.41, 5.74) is 3.59. The van der Waals surface area contributed by atoms with E-state index in [4.69, 9.17) is 0 Å². The van der Waals surface area contributed by atoms with Crippen LogP contribution in [-0.2, 0) is 16.0 Å². The topological polar surface area (TPSA) is 88.4 Å². The molecule has 2 heterocycles. The lowest BCUT2D eigenvalue weighted by molar-refractivity contribution is -0.124. The number of nitrogens with one attached hydrogen (secondary N) is 2. The Labute approximate surface area is 186 Å². The Kier molecular flexibility index (Phi) is 5.99. The molecule has 2 N–H and O–H groups in total. The number of nitrogens with zero attached hydrogens (tertiary/aromatic N) is 3. The second kappa shape index (κ2) is 8.89. The average molecular weight is 455 g/mol. The lowest BCUT2D eigenvalue weighted by Gasteiger charge is -2.11. The molecule has 7 nitrogen and oxygen atoms in total. The van der Waals surface area contributed by atoms with Crippen LogP contribution in [0, 0.1) is 31.3 Å². The Morgan fingerprint density at radius 1 is 1.00 bits per heavy atom. The molecule has 0 radical (unpaired) electrons. The molecule has 0 saturated heterocycles. The van der Waals surface area contributed by atoms with E-state index >= 15 is 0 Å². The number of amides is 2. The summed E-state index contributed by atoms with van der Waals surface area (Å²) in [7, 11) is 0. The molecular weight excluding hydrogens is 435 g/mol. The zero-order valence-corrected chi connectivity index (χ0v) is 17.9. The van der Waals surface area contributed by atoms with Gasteiger partial charge in [0.1, 0.15) is 0 Å². The Morgan fingerprint density at radius 2 is 1.76 bits per heavy atom. The molecule has 0 bridgehead atoms. The number of benzene rings is 2. The average Bonchev–Trinajstić information content (AvgIpc) is 3.17. The molecule has 0 fully saturated rings. The molecule has 4 aromatic rings. The maximum atomic E-state index is 13.7. The second-order valence-electron chi connectivity index (χ2n) is 7.56. The summed E-state index contributed by atoms with van der Waals surface area (Å²) >= 11 is 0.